The molecular weight excluding hydrogens is 391 g/mol. The van der Waals surface area contributed by atoms with Gasteiger partial charge in [0.1, 0.15) is 22.3 Å². The molecule has 2 aromatic carbocycles. The van der Waals surface area contributed by atoms with E-state index in [-0.39, 0.29) is 17.3 Å². The Morgan fingerprint density at radius 3 is 2.44 bits per heavy atom. The Balaban J connectivity index is 1.56. The molecular formula is C18H15FN2O4S2. The van der Waals surface area contributed by atoms with Crippen molar-refractivity contribution >= 4 is 32.8 Å². The van der Waals surface area contributed by atoms with Crippen molar-refractivity contribution < 1.29 is 22.3 Å². The first kappa shape index (κ1) is 19.0. The molecule has 0 bridgehead atoms. The van der Waals surface area contributed by atoms with E-state index in [1.165, 1.54) is 59.9 Å². The molecule has 0 aliphatic carbocycles. The van der Waals surface area contributed by atoms with Gasteiger partial charge in [-0.15, -0.1) is 11.3 Å². The van der Waals surface area contributed by atoms with E-state index in [9.17, 15) is 17.6 Å². The minimum absolute atomic E-state index is 0.151. The number of aromatic nitrogens is 1. The minimum Gasteiger partial charge on any atom is -0.484 e. The summed E-state index contributed by atoms with van der Waals surface area (Å²) in [5.41, 5.74) is 0.441. The van der Waals surface area contributed by atoms with Crippen LogP contribution in [0.1, 0.15) is 5.01 Å². The zero-order valence-electron chi connectivity index (χ0n) is 14.0. The van der Waals surface area contributed by atoms with Crippen molar-refractivity contribution in [1.29, 1.82) is 0 Å². The number of halogens is 1. The number of sulfone groups is 1. The number of ether oxygens (including phenoxy) is 1. The molecule has 1 aromatic heterocycles. The maximum atomic E-state index is 12.8. The lowest BCUT2D eigenvalue weighted by Gasteiger charge is -2.08. The normalized spacial score (nSPS) is 11.1. The second-order valence-corrected chi connectivity index (χ2v) is 8.47. The molecule has 1 N–H and O–H groups in total. The highest BCUT2D eigenvalue weighted by molar-refractivity contribution is 7.90. The van der Waals surface area contributed by atoms with Crippen molar-refractivity contribution in [3.8, 4) is 5.75 Å². The first-order valence-electron chi connectivity index (χ1n) is 7.82. The van der Waals surface area contributed by atoms with Crippen LogP contribution in [0.25, 0.3) is 0 Å². The lowest BCUT2D eigenvalue weighted by molar-refractivity contribution is -0.118. The monoisotopic (exact) mass is 406 g/mol. The topological polar surface area (TPSA) is 85.4 Å². The minimum atomic E-state index is -3.50. The summed E-state index contributed by atoms with van der Waals surface area (Å²) in [5.74, 6) is -0.605. The maximum absolute atomic E-state index is 12.8. The zero-order chi connectivity index (χ0) is 19.3. The third-order valence-corrected chi connectivity index (χ3v) is 6.08. The maximum Gasteiger partial charge on any atom is 0.262 e. The summed E-state index contributed by atoms with van der Waals surface area (Å²) in [4.78, 5) is 16.0. The molecule has 1 heterocycles. The molecule has 140 valence electrons. The molecule has 0 radical (unpaired) electrons. The SMILES string of the molecule is O=C(COc1ccc(F)cc1)Nc1ccc(S(=O)(=O)Cc2nccs2)cc1. The predicted molar refractivity (Wildman–Crippen MR) is 100.0 cm³/mol. The third kappa shape index (κ3) is 5.35. The molecule has 0 saturated heterocycles. The molecule has 0 aliphatic rings. The first-order chi connectivity index (χ1) is 12.9. The number of carbonyl (C=O) groups is 1. The van der Waals surface area contributed by atoms with Crippen LogP contribution in [0, 0.1) is 5.82 Å². The molecule has 0 atom stereocenters. The van der Waals surface area contributed by atoms with Gasteiger partial charge in [-0.25, -0.2) is 17.8 Å². The average molecular weight is 406 g/mol. The van der Waals surface area contributed by atoms with Gasteiger partial charge in [-0.3, -0.25) is 4.79 Å². The highest BCUT2D eigenvalue weighted by atomic mass is 32.2. The Bertz CT molecular complexity index is 1000. The third-order valence-electron chi connectivity index (χ3n) is 3.48. The van der Waals surface area contributed by atoms with E-state index < -0.39 is 21.6 Å². The van der Waals surface area contributed by atoms with Crippen LogP contribution in [-0.2, 0) is 20.4 Å². The van der Waals surface area contributed by atoms with Crippen LogP contribution in [0.5, 0.6) is 5.75 Å². The second kappa shape index (κ2) is 8.28. The molecule has 0 aliphatic heterocycles. The molecule has 0 saturated carbocycles. The van der Waals surface area contributed by atoms with Gasteiger partial charge in [0.25, 0.3) is 5.91 Å². The summed E-state index contributed by atoms with van der Waals surface area (Å²) in [7, 11) is -3.50. The Kier molecular flexibility index (Phi) is 5.82. The van der Waals surface area contributed by atoms with Crippen LogP contribution in [0.15, 0.2) is 65.0 Å². The van der Waals surface area contributed by atoms with Gasteiger partial charge in [-0.05, 0) is 48.5 Å². The van der Waals surface area contributed by atoms with E-state index in [1.54, 1.807) is 11.6 Å². The Labute approximate surface area is 159 Å². The second-order valence-electron chi connectivity index (χ2n) is 5.50. The van der Waals surface area contributed by atoms with Crippen molar-refractivity contribution in [3.63, 3.8) is 0 Å². The molecule has 0 unspecified atom stereocenters. The first-order valence-corrected chi connectivity index (χ1v) is 10.3. The van der Waals surface area contributed by atoms with Gasteiger partial charge >= 0.3 is 0 Å². The lowest BCUT2D eigenvalue weighted by Crippen LogP contribution is -2.20. The highest BCUT2D eigenvalue weighted by Crippen LogP contribution is 2.20. The van der Waals surface area contributed by atoms with E-state index >= 15 is 0 Å². The number of hydrogen-bond acceptors (Lipinski definition) is 6. The predicted octanol–water partition coefficient (Wildman–Crippen LogP) is 3.27. The average Bonchev–Trinajstić information content (AvgIpc) is 3.14. The van der Waals surface area contributed by atoms with Crippen LogP contribution >= 0.6 is 11.3 Å². The van der Waals surface area contributed by atoms with Crippen LogP contribution < -0.4 is 10.1 Å². The fourth-order valence-corrected chi connectivity index (χ4v) is 4.45. The number of nitrogens with one attached hydrogen (secondary N) is 1. The van der Waals surface area contributed by atoms with Gasteiger partial charge in [0.05, 0.1) is 4.90 Å². The number of hydrogen-bond donors (Lipinski definition) is 1. The molecule has 27 heavy (non-hydrogen) atoms. The fraction of sp³-hybridized carbons (Fsp3) is 0.111. The van der Waals surface area contributed by atoms with Gasteiger partial charge in [0.2, 0.25) is 0 Å². The highest BCUT2D eigenvalue weighted by Gasteiger charge is 2.17. The van der Waals surface area contributed by atoms with Crippen LogP contribution in [-0.4, -0.2) is 25.9 Å². The molecule has 3 aromatic rings. The van der Waals surface area contributed by atoms with E-state index in [4.69, 9.17) is 4.74 Å². The summed E-state index contributed by atoms with van der Waals surface area (Å²) in [6, 6.07) is 11.2. The van der Waals surface area contributed by atoms with Crippen molar-refractivity contribution in [2.45, 2.75) is 10.6 Å². The van der Waals surface area contributed by atoms with Gasteiger partial charge < -0.3 is 10.1 Å². The summed E-state index contributed by atoms with van der Waals surface area (Å²) >= 11 is 1.28. The van der Waals surface area contributed by atoms with E-state index in [2.05, 4.69) is 10.3 Å². The fourth-order valence-electron chi connectivity index (χ4n) is 2.19. The van der Waals surface area contributed by atoms with Gasteiger partial charge in [0.15, 0.2) is 16.4 Å². The van der Waals surface area contributed by atoms with Crippen LogP contribution in [0.3, 0.4) is 0 Å². The lowest BCUT2D eigenvalue weighted by atomic mass is 10.3. The van der Waals surface area contributed by atoms with Crippen LogP contribution in [0.4, 0.5) is 10.1 Å². The van der Waals surface area contributed by atoms with E-state index in [0.717, 1.165) is 0 Å². The zero-order valence-corrected chi connectivity index (χ0v) is 15.6. The van der Waals surface area contributed by atoms with Crippen molar-refractivity contribution in [2.75, 3.05) is 11.9 Å². The van der Waals surface area contributed by atoms with Gasteiger partial charge in [0, 0.05) is 17.3 Å². The van der Waals surface area contributed by atoms with Crippen molar-refractivity contribution in [1.82, 2.24) is 4.98 Å². The number of nitrogens with zero attached hydrogens (tertiary/aromatic N) is 1. The molecule has 3 rings (SSSR count). The van der Waals surface area contributed by atoms with Crippen LogP contribution in [0.2, 0.25) is 0 Å². The Hall–Kier alpha value is -2.78. The molecule has 6 nitrogen and oxygen atoms in total. The molecule has 9 heteroatoms. The van der Waals surface area contributed by atoms with Crippen molar-refractivity contribution in [3.05, 3.63) is 70.9 Å². The Morgan fingerprint density at radius 2 is 1.81 bits per heavy atom. The number of rotatable bonds is 7. The largest absolute Gasteiger partial charge is 0.484 e. The van der Waals surface area contributed by atoms with E-state index in [1.807, 2.05) is 0 Å². The Morgan fingerprint density at radius 1 is 1.11 bits per heavy atom. The number of carbonyl (C=O) groups excluding carboxylic acids is 1. The van der Waals surface area contributed by atoms with E-state index in [0.29, 0.717) is 16.4 Å². The number of amides is 1. The number of anilines is 1. The van der Waals surface area contributed by atoms with Gasteiger partial charge in [-0.1, -0.05) is 0 Å². The number of benzene rings is 2. The standard InChI is InChI=1S/C18H15FN2O4S2/c19-13-1-5-15(6-2-13)25-11-17(22)21-14-3-7-16(8-4-14)27(23,24)12-18-20-9-10-26-18/h1-10H,11-12H2,(H,21,22). The summed E-state index contributed by atoms with van der Waals surface area (Å²) in [6.07, 6.45) is 1.56. The molecule has 0 fully saturated rings. The summed E-state index contributed by atoms with van der Waals surface area (Å²) < 4.78 is 42.8. The summed E-state index contributed by atoms with van der Waals surface area (Å²) in [5, 5.41) is 4.84. The number of thiazole rings is 1. The quantitative estimate of drug-likeness (QED) is 0.651. The smallest absolute Gasteiger partial charge is 0.262 e. The molecule has 1 amide bonds. The van der Waals surface area contributed by atoms with Crippen molar-refractivity contribution in [2.24, 2.45) is 0 Å². The molecule has 0 spiro atoms. The van der Waals surface area contributed by atoms with Gasteiger partial charge in [-0.2, -0.15) is 0 Å². The summed E-state index contributed by atoms with van der Waals surface area (Å²) in [6.45, 7) is -0.254.